The fourth-order valence-corrected chi connectivity index (χ4v) is 5.56. The Bertz CT molecular complexity index is 1920. The van der Waals surface area contributed by atoms with Crippen molar-refractivity contribution in [3.05, 3.63) is 95.1 Å². The first-order valence-corrected chi connectivity index (χ1v) is 12.0. The molecule has 0 amide bonds. The summed E-state index contributed by atoms with van der Waals surface area (Å²) in [6, 6.07) is 11.1. The maximum absolute atomic E-state index is 14.2. The monoisotopic (exact) mass is 600 g/mol. The Labute approximate surface area is 226 Å². The Morgan fingerprint density at radius 3 is 0.929 bits per heavy atom. The number of rotatable bonds is 0. The molecule has 0 saturated carbocycles. The molecule has 0 nitrogen and oxygen atoms in total. The second-order valence-corrected chi connectivity index (χ2v) is 9.79. The second-order valence-electron chi connectivity index (χ2n) is 9.79. The molecule has 6 aromatic carbocycles. The van der Waals surface area contributed by atoms with E-state index in [4.69, 9.17) is 0 Å². The molecule has 0 N–H and O–H groups in total. The molecule has 0 spiro atoms. The lowest BCUT2D eigenvalue weighted by molar-refractivity contribution is -0.143. The van der Waals surface area contributed by atoms with Crippen molar-refractivity contribution in [1.82, 2.24) is 0 Å². The van der Waals surface area contributed by atoms with Crippen LogP contribution in [0.1, 0.15) is 22.3 Å². The molecule has 12 heteroatoms. The summed E-state index contributed by atoms with van der Waals surface area (Å²) in [6.45, 7) is 0. The maximum atomic E-state index is 14.2. The minimum Gasteiger partial charge on any atom is -0.166 e. The summed E-state index contributed by atoms with van der Waals surface area (Å²) in [5.74, 6) is 0. The predicted octanol–water partition coefficient (Wildman–Crippen LogP) is 11.5. The molecule has 216 valence electrons. The number of fused-ring (bicyclic) bond motifs is 9. The maximum Gasteiger partial charge on any atom is 0.417 e. The fraction of sp³-hybridized carbons (Fsp3) is 0.133. The minimum atomic E-state index is -5.24. The predicted molar refractivity (Wildman–Crippen MR) is 134 cm³/mol. The lowest BCUT2D eigenvalue weighted by Crippen LogP contribution is -2.12. The zero-order valence-corrected chi connectivity index (χ0v) is 20.5. The van der Waals surface area contributed by atoms with Gasteiger partial charge in [-0.2, -0.15) is 52.7 Å². The summed E-state index contributed by atoms with van der Waals surface area (Å²) in [4.78, 5) is 0. The molecule has 6 rings (SSSR count). The first kappa shape index (κ1) is 27.9. The third-order valence-electron chi connectivity index (χ3n) is 7.25. The van der Waals surface area contributed by atoms with Crippen LogP contribution >= 0.6 is 0 Å². The van der Waals surface area contributed by atoms with E-state index >= 15 is 0 Å². The summed E-state index contributed by atoms with van der Waals surface area (Å²) in [6.07, 6.45) is -20.7. The van der Waals surface area contributed by atoms with E-state index in [0.29, 0.717) is 12.1 Å². The molecule has 0 aliphatic carbocycles. The van der Waals surface area contributed by atoms with Crippen molar-refractivity contribution < 1.29 is 52.7 Å². The van der Waals surface area contributed by atoms with Crippen molar-refractivity contribution in [2.75, 3.05) is 0 Å². The molecule has 0 unspecified atom stereocenters. The molecular weight excluding hydrogens is 588 g/mol. The molecule has 0 aromatic heterocycles. The van der Waals surface area contributed by atoms with Gasteiger partial charge in [-0.1, -0.05) is 48.5 Å². The normalized spacial score (nSPS) is 13.7. The second kappa shape index (κ2) is 8.65. The molecular formula is C30H12F12. The number of halogens is 12. The van der Waals surface area contributed by atoms with Crippen molar-refractivity contribution in [1.29, 1.82) is 0 Å². The highest BCUT2D eigenvalue weighted by molar-refractivity contribution is 6.29. The SMILES string of the molecule is FC(F)(F)c1cc(C(F)(F)F)c2c(ccc3ccc4c(ccc5ccc6cc(C(F)(F)F)cc(C(F)(F)F)c6c54)c32)c1. The molecule has 0 aliphatic heterocycles. The van der Waals surface area contributed by atoms with E-state index in [0.717, 1.165) is 12.1 Å². The van der Waals surface area contributed by atoms with Crippen LogP contribution in [0, 0.1) is 0 Å². The van der Waals surface area contributed by atoms with Crippen molar-refractivity contribution in [3.8, 4) is 0 Å². The van der Waals surface area contributed by atoms with Crippen molar-refractivity contribution >= 4 is 53.9 Å². The van der Waals surface area contributed by atoms with Crippen molar-refractivity contribution in [2.24, 2.45) is 0 Å². The van der Waals surface area contributed by atoms with Gasteiger partial charge in [0, 0.05) is 10.8 Å². The first-order chi connectivity index (χ1) is 19.4. The van der Waals surface area contributed by atoms with Crippen LogP contribution in [0.5, 0.6) is 0 Å². The minimum absolute atomic E-state index is 0.0164. The van der Waals surface area contributed by atoms with E-state index in [1.165, 1.54) is 36.4 Å². The van der Waals surface area contributed by atoms with E-state index < -0.39 is 68.5 Å². The summed E-state index contributed by atoms with van der Waals surface area (Å²) < 4.78 is 166. The van der Waals surface area contributed by atoms with Gasteiger partial charge in [-0.3, -0.25) is 0 Å². The number of alkyl halides is 12. The van der Waals surface area contributed by atoms with Crippen LogP contribution in [-0.4, -0.2) is 0 Å². The Hall–Kier alpha value is -4.22. The number of hydrogen-bond acceptors (Lipinski definition) is 0. The van der Waals surface area contributed by atoms with E-state index in [1.54, 1.807) is 0 Å². The highest BCUT2D eigenvalue weighted by atomic mass is 19.4. The fourth-order valence-electron chi connectivity index (χ4n) is 5.56. The molecule has 0 radical (unpaired) electrons. The molecule has 0 saturated heterocycles. The number of benzene rings is 6. The van der Waals surface area contributed by atoms with E-state index in [9.17, 15) is 52.7 Å². The Balaban J connectivity index is 1.86. The lowest BCUT2D eigenvalue weighted by Gasteiger charge is -2.19. The Morgan fingerprint density at radius 1 is 0.310 bits per heavy atom. The van der Waals surface area contributed by atoms with Crippen LogP contribution in [0.25, 0.3) is 53.9 Å². The molecule has 0 fully saturated rings. The average molecular weight is 600 g/mol. The van der Waals surface area contributed by atoms with Gasteiger partial charge in [0.15, 0.2) is 0 Å². The van der Waals surface area contributed by atoms with Gasteiger partial charge in [-0.25, -0.2) is 0 Å². The highest BCUT2D eigenvalue weighted by Gasteiger charge is 2.40. The van der Waals surface area contributed by atoms with Crippen molar-refractivity contribution in [3.63, 3.8) is 0 Å². The molecule has 0 aliphatic rings. The van der Waals surface area contributed by atoms with Crippen LogP contribution in [-0.2, 0) is 24.7 Å². The third-order valence-corrected chi connectivity index (χ3v) is 7.25. The van der Waals surface area contributed by atoms with E-state index in [-0.39, 0.29) is 44.5 Å². The van der Waals surface area contributed by atoms with Crippen LogP contribution in [0.2, 0.25) is 0 Å². The van der Waals surface area contributed by atoms with Gasteiger partial charge >= 0.3 is 24.7 Å². The lowest BCUT2D eigenvalue weighted by atomic mass is 9.88. The zero-order chi connectivity index (χ0) is 30.6. The first-order valence-electron chi connectivity index (χ1n) is 12.0. The highest BCUT2D eigenvalue weighted by Crippen LogP contribution is 2.47. The quantitative estimate of drug-likeness (QED) is 0.120. The van der Waals surface area contributed by atoms with Crippen molar-refractivity contribution in [2.45, 2.75) is 24.7 Å². The summed E-state index contributed by atoms with van der Waals surface area (Å²) in [5.41, 5.74) is -6.24. The van der Waals surface area contributed by atoms with Gasteiger partial charge in [0.25, 0.3) is 0 Å². The summed E-state index contributed by atoms with van der Waals surface area (Å²) in [7, 11) is 0. The van der Waals surface area contributed by atoms with Crippen LogP contribution < -0.4 is 0 Å². The largest absolute Gasteiger partial charge is 0.417 e. The Morgan fingerprint density at radius 2 is 0.619 bits per heavy atom. The van der Waals surface area contributed by atoms with Gasteiger partial charge in [-0.05, 0) is 67.4 Å². The molecule has 0 bridgehead atoms. The van der Waals surface area contributed by atoms with Crippen LogP contribution in [0.4, 0.5) is 52.7 Å². The average Bonchev–Trinajstić information content (AvgIpc) is 2.88. The van der Waals surface area contributed by atoms with Gasteiger partial charge in [-0.15, -0.1) is 0 Å². The molecule has 6 aromatic rings. The summed E-state index contributed by atoms with van der Waals surface area (Å²) in [5, 5.41) is -2.02. The number of hydrogen-bond donors (Lipinski definition) is 0. The zero-order valence-electron chi connectivity index (χ0n) is 20.5. The third kappa shape index (κ3) is 4.35. The standard InChI is InChI=1S/C30H12F12/c31-27(32,33)17-9-15-3-1-13-5-7-20-19(23(13)25(15)21(11-17)29(37,38)39)8-6-14-2-4-16-10-18(28(34,35)36)12-22(30(40,41)42)26(16)24(14)20/h1-12H. The molecule has 42 heavy (non-hydrogen) atoms. The van der Waals surface area contributed by atoms with Gasteiger partial charge < -0.3 is 0 Å². The van der Waals surface area contributed by atoms with Gasteiger partial charge in [0.2, 0.25) is 0 Å². The van der Waals surface area contributed by atoms with Crippen LogP contribution in [0.15, 0.2) is 72.8 Å². The van der Waals surface area contributed by atoms with Gasteiger partial charge in [0.05, 0.1) is 22.3 Å². The van der Waals surface area contributed by atoms with Crippen LogP contribution in [0.3, 0.4) is 0 Å². The summed E-state index contributed by atoms with van der Waals surface area (Å²) >= 11 is 0. The Kier molecular flexibility index (Phi) is 5.75. The smallest absolute Gasteiger partial charge is 0.166 e. The molecule has 0 atom stereocenters. The topological polar surface area (TPSA) is 0 Å². The van der Waals surface area contributed by atoms with E-state index in [1.807, 2.05) is 0 Å². The van der Waals surface area contributed by atoms with E-state index in [2.05, 4.69) is 0 Å². The van der Waals surface area contributed by atoms with Gasteiger partial charge in [0.1, 0.15) is 0 Å². The molecule has 0 heterocycles.